The van der Waals surface area contributed by atoms with Gasteiger partial charge in [-0.3, -0.25) is 9.48 Å². The van der Waals surface area contributed by atoms with Crippen molar-refractivity contribution in [2.75, 3.05) is 17.2 Å². The predicted molar refractivity (Wildman–Crippen MR) is 94.0 cm³/mol. The van der Waals surface area contributed by atoms with E-state index in [1.807, 2.05) is 0 Å². The average molecular weight is 362 g/mol. The average Bonchev–Trinajstić information content (AvgIpc) is 3.22. The van der Waals surface area contributed by atoms with E-state index in [1.165, 1.54) is 12.5 Å². The molecule has 0 radical (unpaired) electrons. The number of carbonyl (C=O) groups is 1. The molecule has 0 aliphatic rings. The van der Waals surface area contributed by atoms with Gasteiger partial charge in [0.1, 0.15) is 18.0 Å². The van der Waals surface area contributed by atoms with E-state index in [1.54, 1.807) is 36.3 Å². The number of oxazole rings is 1. The van der Waals surface area contributed by atoms with Crippen molar-refractivity contribution in [3.05, 3.63) is 42.7 Å². The van der Waals surface area contributed by atoms with Crippen LogP contribution in [0, 0.1) is 0 Å². The first kappa shape index (κ1) is 17.0. The fraction of sp³-hybridized carbons (Fsp3) is 0.200. The van der Waals surface area contributed by atoms with E-state index in [0.717, 1.165) is 0 Å². The van der Waals surface area contributed by atoms with E-state index in [-0.39, 0.29) is 18.1 Å². The Morgan fingerprint density at radius 1 is 1.52 bits per heavy atom. The Balaban J connectivity index is 1.72. The van der Waals surface area contributed by atoms with E-state index < -0.39 is 11.8 Å². The molecule has 0 spiro atoms. The molecule has 3 aromatic heterocycles. The lowest BCUT2D eigenvalue weighted by molar-refractivity contribution is 0.102. The first-order valence-corrected chi connectivity index (χ1v) is 8.03. The number of nitrogens with zero attached hydrogens (tertiary/aromatic N) is 4. The van der Waals surface area contributed by atoms with Crippen LogP contribution < -0.4 is 10.6 Å². The summed E-state index contributed by atoms with van der Waals surface area (Å²) in [5, 5.41) is 9.50. The van der Waals surface area contributed by atoms with Crippen LogP contribution >= 0.6 is 9.24 Å². The molecule has 25 heavy (non-hydrogen) atoms. The van der Waals surface area contributed by atoms with E-state index in [2.05, 4.69) is 34.9 Å². The molecule has 8 nitrogen and oxygen atoms in total. The molecule has 3 aromatic rings. The maximum absolute atomic E-state index is 12.9. The Hall–Kier alpha value is -2.80. The van der Waals surface area contributed by atoms with Gasteiger partial charge in [0.25, 0.3) is 5.91 Å². The van der Waals surface area contributed by atoms with Crippen LogP contribution in [0.3, 0.4) is 0 Å². The lowest BCUT2D eigenvalue weighted by atomic mass is 10.2. The van der Waals surface area contributed by atoms with Crippen LogP contribution in [-0.4, -0.2) is 38.1 Å². The number of aryl methyl sites for hydroxylation is 1. The molecule has 1 amide bonds. The number of hydrogen-bond acceptors (Lipinski definition) is 6. The van der Waals surface area contributed by atoms with Gasteiger partial charge in [-0.2, -0.15) is 5.10 Å². The van der Waals surface area contributed by atoms with Gasteiger partial charge >= 0.3 is 0 Å². The Morgan fingerprint density at radius 2 is 2.36 bits per heavy atom. The third kappa shape index (κ3) is 4.39. The summed E-state index contributed by atoms with van der Waals surface area (Å²) < 4.78 is 19.8. The number of aromatic nitrogens is 4. The molecule has 0 saturated heterocycles. The number of rotatable bonds is 6. The highest BCUT2D eigenvalue weighted by molar-refractivity contribution is 7.17. The van der Waals surface area contributed by atoms with Gasteiger partial charge in [0.05, 0.1) is 18.4 Å². The van der Waals surface area contributed by atoms with Gasteiger partial charge in [0.2, 0.25) is 5.89 Å². The quantitative estimate of drug-likeness (QED) is 0.653. The Bertz CT molecular complexity index is 878. The number of amides is 1. The maximum atomic E-state index is 12.9. The first-order valence-electron chi connectivity index (χ1n) is 7.37. The van der Waals surface area contributed by atoms with Gasteiger partial charge in [0.15, 0.2) is 5.69 Å². The summed E-state index contributed by atoms with van der Waals surface area (Å²) in [6.07, 6.45) is 6.02. The summed E-state index contributed by atoms with van der Waals surface area (Å²) in [5.41, 5.74) is 1.32. The number of alkyl halides is 1. The molecule has 3 rings (SSSR count). The van der Waals surface area contributed by atoms with Crippen molar-refractivity contribution in [3.8, 4) is 11.5 Å². The predicted octanol–water partition coefficient (Wildman–Crippen LogP) is 2.31. The molecule has 0 aromatic carbocycles. The van der Waals surface area contributed by atoms with Crippen LogP contribution in [0.4, 0.5) is 15.9 Å². The number of halogens is 1. The van der Waals surface area contributed by atoms with Crippen molar-refractivity contribution in [2.45, 2.75) is 5.91 Å². The minimum atomic E-state index is -1.07. The van der Waals surface area contributed by atoms with Crippen LogP contribution in [0.1, 0.15) is 10.5 Å². The molecular formula is C15H16FN6O2P. The van der Waals surface area contributed by atoms with Crippen molar-refractivity contribution in [3.63, 3.8) is 0 Å². The summed E-state index contributed by atoms with van der Waals surface area (Å²) in [7, 11) is 3.81. The van der Waals surface area contributed by atoms with Gasteiger partial charge < -0.3 is 15.1 Å². The largest absolute Gasteiger partial charge is 0.444 e. The zero-order chi connectivity index (χ0) is 17.8. The third-order valence-electron chi connectivity index (χ3n) is 3.18. The number of anilines is 2. The minimum absolute atomic E-state index is 0.117. The molecule has 10 heteroatoms. The molecule has 2 unspecified atom stereocenters. The first-order chi connectivity index (χ1) is 12.0. The van der Waals surface area contributed by atoms with E-state index in [0.29, 0.717) is 17.1 Å². The molecule has 3 heterocycles. The SMILES string of the molecule is Cn1cc(NC(=O)c2coc(-c3ccnc(NCC(F)P)c3)n2)cn1. The normalized spacial score (nSPS) is 12.0. The van der Waals surface area contributed by atoms with Crippen molar-refractivity contribution in [1.82, 2.24) is 19.7 Å². The molecule has 2 atom stereocenters. The standard InChI is InChI=1S/C15H16FN6O2P/c1-22-7-10(5-19-22)20-14(23)11-8-24-15(21-11)9-2-3-17-13(4-9)18-6-12(16)25/h2-5,7-8,12H,6,25H2,1H3,(H,17,18)(H,20,23). The highest BCUT2D eigenvalue weighted by Gasteiger charge is 2.15. The Kier molecular flexibility index (Phi) is 5.04. The van der Waals surface area contributed by atoms with E-state index >= 15 is 0 Å². The topological polar surface area (TPSA) is 97.9 Å². The van der Waals surface area contributed by atoms with Crippen LogP contribution in [0.15, 0.2) is 41.4 Å². The highest BCUT2D eigenvalue weighted by Crippen LogP contribution is 2.21. The van der Waals surface area contributed by atoms with Crippen LogP contribution in [0.25, 0.3) is 11.5 Å². The van der Waals surface area contributed by atoms with Crippen molar-refractivity contribution >= 4 is 26.7 Å². The molecule has 0 fully saturated rings. The van der Waals surface area contributed by atoms with Crippen molar-refractivity contribution in [1.29, 1.82) is 0 Å². The molecule has 0 aliphatic carbocycles. The molecule has 0 aliphatic heterocycles. The van der Waals surface area contributed by atoms with Gasteiger partial charge in [-0.1, -0.05) is 9.24 Å². The van der Waals surface area contributed by atoms with Gasteiger partial charge in [-0.25, -0.2) is 14.4 Å². The maximum Gasteiger partial charge on any atom is 0.277 e. The number of hydrogen-bond donors (Lipinski definition) is 2. The fourth-order valence-electron chi connectivity index (χ4n) is 2.05. The minimum Gasteiger partial charge on any atom is -0.444 e. The lowest BCUT2D eigenvalue weighted by Gasteiger charge is -2.06. The molecule has 130 valence electrons. The second kappa shape index (κ2) is 7.40. The molecule has 0 saturated carbocycles. The third-order valence-corrected chi connectivity index (χ3v) is 3.42. The number of nitrogens with one attached hydrogen (secondary N) is 2. The van der Waals surface area contributed by atoms with Crippen molar-refractivity contribution < 1.29 is 13.6 Å². The summed E-state index contributed by atoms with van der Waals surface area (Å²) in [6, 6.07) is 3.36. The van der Waals surface area contributed by atoms with Gasteiger partial charge in [-0.15, -0.1) is 0 Å². The highest BCUT2D eigenvalue weighted by atomic mass is 31.0. The zero-order valence-corrected chi connectivity index (χ0v) is 14.5. The van der Waals surface area contributed by atoms with E-state index in [9.17, 15) is 9.18 Å². The fourth-order valence-corrected chi connectivity index (χ4v) is 2.17. The number of carbonyl (C=O) groups excluding carboxylic acids is 1. The van der Waals surface area contributed by atoms with Crippen LogP contribution in [0.5, 0.6) is 0 Å². The van der Waals surface area contributed by atoms with Crippen LogP contribution in [0.2, 0.25) is 0 Å². The molecule has 2 N–H and O–H groups in total. The molecular weight excluding hydrogens is 346 g/mol. The lowest BCUT2D eigenvalue weighted by Crippen LogP contribution is -2.11. The summed E-state index contributed by atoms with van der Waals surface area (Å²) >= 11 is 0. The Morgan fingerprint density at radius 3 is 3.08 bits per heavy atom. The van der Waals surface area contributed by atoms with E-state index in [4.69, 9.17) is 4.42 Å². The van der Waals surface area contributed by atoms with Gasteiger partial charge in [0, 0.05) is 25.0 Å². The monoisotopic (exact) mass is 362 g/mol. The van der Waals surface area contributed by atoms with Crippen molar-refractivity contribution in [2.24, 2.45) is 7.05 Å². The Labute approximate surface area is 145 Å². The van der Waals surface area contributed by atoms with Crippen LogP contribution in [-0.2, 0) is 7.05 Å². The second-order valence-corrected chi connectivity index (χ2v) is 5.94. The number of pyridine rings is 1. The summed E-state index contributed by atoms with van der Waals surface area (Å²) in [5.74, 6) is -0.722. The summed E-state index contributed by atoms with van der Waals surface area (Å²) in [6.45, 7) is 0.117. The molecule has 0 bridgehead atoms. The zero-order valence-electron chi connectivity index (χ0n) is 13.3. The van der Waals surface area contributed by atoms with Gasteiger partial charge in [-0.05, 0) is 12.1 Å². The second-order valence-electron chi connectivity index (χ2n) is 5.22. The smallest absolute Gasteiger partial charge is 0.277 e. The summed E-state index contributed by atoms with van der Waals surface area (Å²) in [4.78, 5) is 20.4.